The van der Waals surface area contributed by atoms with Crippen molar-refractivity contribution in [1.82, 2.24) is 19.3 Å². The molecule has 0 spiro atoms. The van der Waals surface area contributed by atoms with Crippen LogP contribution in [0.3, 0.4) is 0 Å². The van der Waals surface area contributed by atoms with E-state index in [4.69, 9.17) is 23.2 Å². The van der Waals surface area contributed by atoms with Crippen LogP contribution >= 0.6 is 23.2 Å². The summed E-state index contributed by atoms with van der Waals surface area (Å²) in [6.45, 7) is 1.76. The summed E-state index contributed by atoms with van der Waals surface area (Å²) in [6, 6.07) is 7.73. The van der Waals surface area contributed by atoms with E-state index in [1.165, 1.54) is 0 Å². The summed E-state index contributed by atoms with van der Waals surface area (Å²) in [7, 11) is 0. The van der Waals surface area contributed by atoms with Gasteiger partial charge in [-0.25, -0.2) is 4.98 Å². The van der Waals surface area contributed by atoms with Gasteiger partial charge in [0.1, 0.15) is 5.82 Å². The number of benzene rings is 1. The lowest BCUT2D eigenvalue weighted by Gasteiger charge is -2.09. The monoisotopic (exact) mass is 322 g/mol. The maximum absolute atomic E-state index is 6.11. The predicted octanol–water partition coefficient (Wildman–Crippen LogP) is 3.76. The first-order valence-corrected chi connectivity index (χ1v) is 7.87. The van der Waals surface area contributed by atoms with Crippen LogP contribution in [0.2, 0.25) is 5.02 Å². The van der Waals surface area contributed by atoms with E-state index >= 15 is 0 Å². The zero-order valence-corrected chi connectivity index (χ0v) is 13.1. The number of aromatic nitrogens is 4. The molecule has 0 aliphatic heterocycles. The Bertz CT molecular complexity index is 719. The first-order chi connectivity index (χ1) is 10.3. The molecule has 0 bridgehead atoms. The van der Waals surface area contributed by atoms with Crippen LogP contribution < -0.4 is 0 Å². The summed E-state index contributed by atoms with van der Waals surface area (Å²) in [5.41, 5.74) is 2.04. The van der Waals surface area contributed by atoms with Gasteiger partial charge in [-0.15, -0.1) is 11.6 Å². The molecule has 4 nitrogen and oxygen atoms in total. The summed E-state index contributed by atoms with van der Waals surface area (Å²) in [4.78, 5) is 4.66. The standard InChI is InChI=1S/C15H16Cl2N4/c16-6-5-15-19-13-4-3-12(17)11-14(13)21(15)10-2-9-20-8-1-7-18-20/h1,3-4,7-8,11H,2,5-6,9-10H2. The SMILES string of the molecule is ClCCc1nc2ccc(Cl)cc2n1CCCn1cccn1. The van der Waals surface area contributed by atoms with Crippen LogP contribution in [0.15, 0.2) is 36.7 Å². The largest absolute Gasteiger partial charge is 0.328 e. The molecule has 0 N–H and O–H groups in total. The van der Waals surface area contributed by atoms with Gasteiger partial charge in [0.05, 0.1) is 11.0 Å². The van der Waals surface area contributed by atoms with Crippen LogP contribution in [0.5, 0.6) is 0 Å². The van der Waals surface area contributed by atoms with E-state index < -0.39 is 0 Å². The number of fused-ring (bicyclic) bond motifs is 1. The van der Waals surface area contributed by atoms with Crippen molar-refractivity contribution in [3.63, 3.8) is 0 Å². The first kappa shape index (κ1) is 14.4. The Morgan fingerprint density at radius 2 is 2.10 bits per heavy atom. The molecule has 3 rings (SSSR count). The fraction of sp³-hybridized carbons (Fsp3) is 0.333. The highest BCUT2D eigenvalue weighted by Crippen LogP contribution is 2.21. The van der Waals surface area contributed by atoms with Crippen LogP contribution in [0.4, 0.5) is 0 Å². The second-order valence-corrected chi connectivity index (χ2v) is 5.69. The molecule has 3 aromatic rings. The Balaban J connectivity index is 1.83. The molecule has 0 aliphatic carbocycles. The number of halogens is 2. The molecule has 21 heavy (non-hydrogen) atoms. The molecule has 2 heterocycles. The topological polar surface area (TPSA) is 35.6 Å². The first-order valence-electron chi connectivity index (χ1n) is 6.96. The zero-order valence-electron chi connectivity index (χ0n) is 11.5. The second kappa shape index (κ2) is 6.50. The quantitative estimate of drug-likeness (QED) is 0.648. The molecular formula is C15H16Cl2N4. The van der Waals surface area contributed by atoms with E-state index in [1.807, 2.05) is 35.1 Å². The number of hydrogen-bond donors (Lipinski definition) is 0. The minimum atomic E-state index is 0.566. The van der Waals surface area contributed by atoms with Crippen molar-refractivity contribution >= 4 is 34.2 Å². The minimum Gasteiger partial charge on any atom is -0.328 e. The van der Waals surface area contributed by atoms with Gasteiger partial charge in [-0.1, -0.05) is 11.6 Å². The Kier molecular flexibility index (Phi) is 4.46. The molecule has 1 aromatic carbocycles. The molecule has 0 unspecified atom stereocenters. The molecule has 0 aliphatic rings. The zero-order chi connectivity index (χ0) is 14.7. The number of rotatable bonds is 6. The van der Waals surface area contributed by atoms with Gasteiger partial charge < -0.3 is 4.57 Å². The highest BCUT2D eigenvalue weighted by molar-refractivity contribution is 6.31. The smallest absolute Gasteiger partial charge is 0.111 e. The average molecular weight is 323 g/mol. The second-order valence-electron chi connectivity index (χ2n) is 4.87. The van der Waals surface area contributed by atoms with Crippen molar-refractivity contribution in [2.24, 2.45) is 0 Å². The van der Waals surface area contributed by atoms with E-state index in [-0.39, 0.29) is 0 Å². The highest BCUT2D eigenvalue weighted by Gasteiger charge is 2.10. The fourth-order valence-corrected chi connectivity index (χ4v) is 2.83. The Labute approximate surface area is 133 Å². The van der Waals surface area contributed by atoms with Crippen LogP contribution in [0.25, 0.3) is 11.0 Å². The van der Waals surface area contributed by atoms with Crippen molar-refractivity contribution in [3.8, 4) is 0 Å². The molecule has 2 aromatic heterocycles. The summed E-state index contributed by atoms with van der Waals surface area (Å²) in [6.07, 6.45) is 5.51. The third kappa shape index (κ3) is 3.22. The number of imidazole rings is 1. The van der Waals surface area contributed by atoms with Crippen molar-refractivity contribution in [1.29, 1.82) is 0 Å². The van der Waals surface area contributed by atoms with E-state index in [2.05, 4.69) is 14.6 Å². The number of nitrogens with zero attached hydrogens (tertiary/aromatic N) is 4. The summed E-state index contributed by atoms with van der Waals surface area (Å²) < 4.78 is 4.15. The van der Waals surface area contributed by atoms with Crippen LogP contribution in [0, 0.1) is 0 Å². The Morgan fingerprint density at radius 3 is 2.86 bits per heavy atom. The highest BCUT2D eigenvalue weighted by atomic mass is 35.5. The third-order valence-corrected chi connectivity index (χ3v) is 3.86. The van der Waals surface area contributed by atoms with Crippen LogP contribution in [-0.4, -0.2) is 25.2 Å². The van der Waals surface area contributed by atoms with Gasteiger partial charge in [-0.05, 0) is 30.7 Å². The van der Waals surface area contributed by atoms with Crippen LogP contribution in [-0.2, 0) is 19.5 Å². The Hall–Kier alpha value is -1.52. The van der Waals surface area contributed by atoms with Gasteiger partial charge in [0.15, 0.2) is 0 Å². The number of hydrogen-bond acceptors (Lipinski definition) is 2. The van der Waals surface area contributed by atoms with Crippen molar-refractivity contribution in [2.75, 3.05) is 5.88 Å². The lowest BCUT2D eigenvalue weighted by atomic mass is 10.3. The van der Waals surface area contributed by atoms with Crippen molar-refractivity contribution < 1.29 is 0 Å². The van der Waals surface area contributed by atoms with E-state index in [0.29, 0.717) is 5.88 Å². The molecule has 6 heteroatoms. The normalized spacial score (nSPS) is 11.3. The lowest BCUT2D eigenvalue weighted by molar-refractivity contribution is 0.524. The number of alkyl halides is 1. The summed E-state index contributed by atoms with van der Waals surface area (Å²) >= 11 is 12.0. The average Bonchev–Trinajstić information content (AvgIpc) is 3.08. The van der Waals surface area contributed by atoms with E-state index in [1.54, 1.807) is 6.20 Å². The number of aryl methyl sites for hydroxylation is 3. The maximum atomic E-state index is 6.11. The molecule has 110 valence electrons. The predicted molar refractivity (Wildman–Crippen MR) is 86.0 cm³/mol. The maximum Gasteiger partial charge on any atom is 0.111 e. The fourth-order valence-electron chi connectivity index (χ4n) is 2.49. The molecule has 0 saturated heterocycles. The summed E-state index contributed by atoms with van der Waals surface area (Å²) in [5, 5.41) is 4.95. The lowest BCUT2D eigenvalue weighted by Crippen LogP contribution is -2.08. The Morgan fingerprint density at radius 1 is 1.19 bits per heavy atom. The summed E-state index contributed by atoms with van der Waals surface area (Å²) in [5.74, 6) is 1.58. The molecule has 0 atom stereocenters. The van der Waals surface area contributed by atoms with E-state index in [9.17, 15) is 0 Å². The third-order valence-electron chi connectivity index (χ3n) is 3.44. The molecule has 0 saturated carbocycles. The molecule has 0 amide bonds. The van der Waals surface area contributed by atoms with Crippen molar-refractivity contribution in [3.05, 3.63) is 47.5 Å². The van der Waals surface area contributed by atoms with Gasteiger partial charge >= 0.3 is 0 Å². The minimum absolute atomic E-state index is 0.566. The van der Waals surface area contributed by atoms with Crippen molar-refractivity contribution in [2.45, 2.75) is 25.9 Å². The van der Waals surface area contributed by atoms with Gasteiger partial charge in [0.2, 0.25) is 0 Å². The van der Waals surface area contributed by atoms with Gasteiger partial charge in [-0.2, -0.15) is 5.10 Å². The molecule has 0 fully saturated rings. The van der Waals surface area contributed by atoms with Gasteiger partial charge in [0, 0.05) is 42.8 Å². The molecule has 0 radical (unpaired) electrons. The van der Waals surface area contributed by atoms with E-state index in [0.717, 1.165) is 47.8 Å². The molecular weight excluding hydrogens is 307 g/mol. The van der Waals surface area contributed by atoms with Gasteiger partial charge in [0.25, 0.3) is 0 Å². The van der Waals surface area contributed by atoms with Crippen LogP contribution in [0.1, 0.15) is 12.2 Å². The van der Waals surface area contributed by atoms with Gasteiger partial charge in [-0.3, -0.25) is 4.68 Å².